The van der Waals surface area contributed by atoms with Crippen molar-refractivity contribution in [2.24, 2.45) is 5.73 Å². The molecular formula is C9H12BrNO2. The van der Waals surface area contributed by atoms with Gasteiger partial charge in [0.1, 0.15) is 11.5 Å². The SMILES string of the molecule is COc1cc(Br)c(O)c(CCN)c1. The largest absolute Gasteiger partial charge is 0.506 e. The molecule has 0 spiro atoms. The van der Waals surface area contributed by atoms with Crippen molar-refractivity contribution in [1.82, 2.24) is 0 Å². The van der Waals surface area contributed by atoms with Gasteiger partial charge in [0.25, 0.3) is 0 Å². The van der Waals surface area contributed by atoms with Crippen LogP contribution in [0.4, 0.5) is 0 Å². The predicted molar refractivity (Wildman–Crippen MR) is 55.1 cm³/mol. The van der Waals surface area contributed by atoms with Crippen molar-refractivity contribution < 1.29 is 9.84 Å². The van der Waals surface area contributed by atoms with Crippen molar-refractivity contribution >= 4 is 15.9 Å². The first-order valence-electron chi connectivity index (χ1n) is 3.94. The van der Waals surface area contributed by atoms with E-state index in [1.807, 2.05) is 0 Å². The van der Waals surface area contributed by atoms with Gasteiger partial charge in [-0.1, -0.05) is 0 Å². The zero-order valence-electron chi connectivity index (χ0n) is 7.38. The molecule has 3 nitrogen and oxygen atoms in total. The van der Waals surface area contributed by atoms with Crippen LogP contribution in [0.15, 0.2) is 16.6 Å². The fraction of sp³-hybridized carbons (Fsp3) is 0.333. The number of halogens is 1. The summed E-state index contributed by atoms with van der Waals surface area (Å²) in [4.78, 5) is 0. The highest BCUT2D eigenvalue weighted by molar-refractivity contribution is 9.10. The molecule has 0 aliphatic carbocycles. The van der Waals surface area contributed by atoms with Gasteiger partial charge in [0.05, 0.1) is 11.6 Å². The molecule has 0 atom stereocenters. The second-order valence-electron chi connectivity index (χ2n) is 2.66. The standard InChI is InChI=1S/C9H12BrNO2/c1-13-7-4-6(2-3-11)9(12)8(10)5-7/h4-5,12H,2-3,11H2,1H3. The van der Waals surface area contributed by atoms with Crippen LogP contribution in [0.3, 0.4) is 0 Å². The molecule has 0 radical (unpaired) electrons. The average molecular weight is 246 g/mol. The van der Waals surface area contributed by atoms with E-state index in [-0.39, 0.29) is 5.75 Å². The minimum Gasteiger partial charge on any atom is -0.506 e. The maximum Gasteiger partial charge on any atom is 0.133 e. The highest BCUT2D eigenvalue weighted by atomic mass is 79.9. The van der Waals surface area contributed by atoms with Crippen molar-refractivity contribution in [3.05, 3.63) is 22.2 Å². The van der Waals surface area contributed by atoms with E-state index in [2.05, 4.69) is 15.9 Å². The lowest BCUT2D eigenvalue weighted by Crippen LogP contribution is -2.03. The summed E-state index contributed by atoms with van der Waals surface area (Å²) in [5.74, 6) is 0.958. The number of aromatic hydroxyl groups is 1. The molecule has 0 unspecified atom stereocenters. The van der Waals surface area contributed by atoms with Gasteiger partial charge < -0.3 is 15.6 Å². The number of nitrogens with two attached hydrogens (primary N) is 1. The molecule has 0 bridgehead atoms. The van der Waals surface area contributed by atoms with Crippen molar-refractivity contribution in [1.29, 1.82) is 0 Å². The van der Waals surface area contributed by atoms with Crippen LogP contribution < -0.4 is 10.5 Å². The molecule has 0 saturated heterocycles. The van der Waals surface area contributed by atoms with Crippen LogP contribution in [0.25, 0.3) is 0 Å². The molecule has 0 amide bonds. The Labute approximate surface area is 85.6 Å². The summed E-state index contributed by atoms with van der Waals surface area (Å²) in [7, 11) is 1.59. The van der Waals surface area contributed by atoms with E-state index in [1.54, 1.807) is 19.2 Å². The second kappa shape index (κ2) is 4.48. The Morgan fingerprint density at radius 1 is 1.54 bits per heavy atom. The third-order valence-corrected chi connectivity index (χ3v) is 2.37. The first-order valence-corrected chi connectivity index (χ1v) is 4.73. The zero-order chi connectivity index (χ0) is 9.84. The Hall–Kier alpha value is -0.740. The lowest BCUT2D eigenvalue weighted by Gasteiger charge is -2.08. The summed E-state index contributed by atoms with van der Waals surface area (Å²) in [5.41, 5.74) is 6.20. The topological polar surface area (TPSA) is 55.5 Å². The van der Waals surface area contributed by atoms with Crippen molar-refractivity contribution in [2.45, 2.75) is 6.42 Å². The normalized spacial score (nSPS) is 10.1. The lowest BCUT2D eigenvalue weighted by molar-refractivity contribution is 0.410. The van der Waals surface area contributed by atoms with Crippen molar-refractivity contribution in [2.75, 3.05) is 13.7 Å². The van der Waals surface area contributed by atoms with Gasteiger partial charge in [0, 0.05) is 0 Å². The molecule has 3 N–H and O–H groups in total. The average Bonchev–Trinajstić information content (AvgIpc) is 2.13. The summed E-state index contributed by atoms with van der Waals surface area (Å²) in [6, 6.07) is 3.50. The summed E-state index contributed by atoms with van der Waals surface area (Å²) >= 11 is 3.24. The molecule has 0 aliphatic heterocycles. The number of ether oxygens (including phenoxy) is 1. The Balaban J connectivity index is 3.09. The van der Waals surface area contributed by atoms with Crippen LogP contribution >= 0.6 is 15.9 Å². The summed E-state index contributed by atoms with van der Waals surface area (Å²) in [6.07, 6.45) is 0.641. The Bertz CT molecular complexity index is 302. The van der Waals surface area contributed by atoms with Crippen LogP contribution in [0.2, 0.25) is 0 Å². The van der Waals surface area contributed by atoms with E-state index >= 15 is 0 Å². The summed E-state index contributed by atoms with van der Waals surface area (Å²) < 4.78 is 5.69. The summed E-state index contributed by atoms with van der Waals surface area (Å²) in [5, 5.41) is 9.59. The van der Waals surface area contributed by atoms with E-state index < -0.39 is 0 Å². The van der Waals surface area contributed by atoms with Gasteiger partial charge in [-0.15, -0.1) is 0 Å². The first kappa shape index (κ1) is 10.3. The number of methoxy groups -OCH3 is 1. The Morgan fingerprint density at radius 2 is 2.23 bits per heavy atom. The minimum absolute atomic E-state index is 0.242. The third kappa shape index (κ3) is 2.35. The number of benzene rings is 1. The molecule has 0 fully saturated rings. The van der Waals surface area contributed by atoms with E-state index in [0.717, 1.165) is 5.56 Å². The number of hydrogen-bond donors (Lipinski definition) is 2. The summed E-state index contributed by atoms with van der Waals surface area (Å²) in [6.45, 7) is 0.507. The minimum atomic E-state index is 0.242. The van der Waals surface area contributed by atoms with E-state index in [4.69, 9.17) is 10.5 Å². The molecule has 1 aromatic rings. The maximum absolute atomic E-state index is 9.59. The maximum atomic E-state index is 9.59. The van der Waals surface area contributed by atoms with Crippen LogP contribution in [-0.2, 0) is 6.42 Å². The Morgan fingerprint density at radius 3 is 2.77 bits per heavy atom. The fourth-order valence-electron chi connectivity index (χ4n) is 1.09. The highest BCUT2D eigenvalue weighted by Crippen LogP contribution is 2.32. The molecule has 0 aromatic heterocycles. The molecule has 1 rings (SSSR count). The van der Waals surface area contributed by atoms with Gasteiger partial charge in [-0.2, -0.15) is 0 Å². The van der Waals surface area contributed by atoms with Gasteiger partial charge in [-0.05, 0) is 46.6 Å². The first-order chi connectivity index (χ1) is 6.19. The number of rotatable bonds is 3. The van der Waals surface area contributed by atoms with E-state index in [1.165, 1.54) is 0 Å². The number of hydrogen-bond acceptors (Lipinski definition) is 3. The fourth-order valence-corrected chi connectivity index (χ4v) is 1.57. The molecular weight excluding hydrogens is 234 g/mol. The quantitative estimate of drug-likeness (QED) is 0.852. The Kier molecular flexibility index (Phi) is 3.57. The second-order valence-corrected chi connectivity index (χ2v) is 3.51. The molecule has 0 saturated carbocycles. The van der Waals surface area contributed by atoms with Gasteiger partial charge in [-0.3, -0.25) is 0 Å². The molecule has 4 heteroatoms. The van der Waals surface area contributed by atoms with Crippen LogP contribution in [-0.4, -0.2) is 18.8 Å². The van der Waals surface area contributed by atoms with Gasteiger partial charge in [0.2, 0.25) is 0 Å². The molecule has 1 aromatic carbocycles. The van der Waals surface area contributed by atoms with Crippen molar-refractivity contribution in [3.8, 4) is 11.5 Å². The number of phenolic OH excluding ortho intramolecular Hbond substituents is 1. The lowest BCUT2D eigenvalue weighted by atomic mass is 10.1. The van der Waals surface area contributed by atoms with Gasteiger partial charge in [0.15, 0.2) is 0 Å². The third-order valence-electron chi connectivity index (χ3n) is 1.77. The molecule has 13 heavy (non-hydrogen) atoms. The van der Waals surface area contributed by atoms with Crippen LogP contribution in [0, 0.1) is 0 Å². The van der Waals surface area contributed by atoms with Gasteiger partial charge in [-0.25, -0.2) is 0 Å². The van der Waals surface area contributed by atoms with Crippen molar-refractivity contribution in [3.63, 3.8) is 0 Å². The molecule has 0 heterocycles. The van der Waals surface area contributed by atoms with Crippen LogP contribution in [0.1, 0.15) is 5.56 Å². The molecule has 0 aliphatic rings. The highest BCUT2D eigenvalue weighted by Gasteiger charge is 2.07. The smallest absolute Gasteiger partial charge is 0.133 e. The van der Waals surface area contributed by atoms with E-state index in [0.29, 0.717) is 23.2 Å². The zero-order valence-corrected chi connectivity index (χ0v) is 8.97. The molecule has 72 valence electrons. The van der Waals surface area contributed by atoms with Crippen LogP contribution in [0.5, 0.6) is 11.5 Å². The van der Waals surface area contributed by atoms with E-state index in [9.17, 15) is 5.11 Å². The van der Waals surface area contributed by atoms with Gasteiger partial charge >= 0.3 is 0 Å². The predicted octanol–water partition coefficient (Wildman–Crippen LogP) is 1.66. The monoisotopic (exact) mass is 245 g/mol. The number of phenols is 1.